The molecule has 2 nitrogen and oxygen atoms in total. The fourth-order valence-electron chi connectivity index (χ4n) is 1.41. The Balaban J connectivity index is 2.30. The van der Waals surface area contributed by atoms with Gasteiger partial charge in [-0.3, -0.25) is 0 Å². The van der Waals surface area contributed by atoms with Gasteiger partial charge in [0.15, 0.2) is 0 Å². The number of carbonyl (C=O) groups excluding carboxylic acids is 1. The molecule has 0 aliphatic carbocycles. The number of carbonyl (C=O) groups is 1. The minimum absolute atomic E-state index is 0.271. The van der Waals surface area contributed by atoms with Crippen molar-refractivity contribution in [1.29, 1.82) is 0 Å². The average Bonchev–Trinajstić information content (AvgIpc) is 2.19. The second-order valence-corrected chi connectivity index (χ2v) is 3.09. The van der Waals surface area contributed by atoms with Gasteiger partial charge >= 0.3 is 5.97 Å². The molecule has 72 valence electrons. The zero-order valence-corrected chi connectivity index (χ0v) is 7.50. The molecule has 0 N–H and O–H groups in total. The van der Waals surface area contributed by atoms with Gasteiger partial charge < -0.3 is 4.74 Å². The fourth-order valence-corrected chi connectivity index (χ4v) is 1.41. The highest BCUT2D eigenvalue weighted by molar-refractivity contribution is 5.92. The predicted octanol–water partition coefficient (Wildman–Crippen LogP) is 2.16. The molecular formula is C11H9FO2. The molecule has 1 aliphatic heterocycles. The zero-order valence-electron chi connectivity index (χ0n) is 7.50. The van der Waals surface area contributed by atoms with E-state index in [1.165, 1.54) is 18.2 Å². The normalized spacial score (nSPS) is 16.1. The SMILES string of the molecule is O=C1C=C(c2ccc(F)cc2)CCO1. The Hall–Kier alpha value is -1.64. The lowest BCUT2D eigenvalue weighted by atomic mass is 10.0. The van der Waals surface area contributed by atoms with Crippen molar-refractivity contribution in [1.82, 2.24) is 0 Å². The van der Waals surface area contributed by atoms with Gasteiger partial charge in [-0.25, -0.2) is 9.18 Å². The van der Waals surface area contributed by atoms with E-state index in [1.807, 2.05) is 0 Å². The maximum atomic E-state index is 12.6. The maximum absolute atomic E-state index is 12.6. The van der Waals surface area contributed by atoms with Crippen LogP contribution in [0, 0.1) is 5.82 Å². The van der Waals surface area contributed by atoms with Gasteiger partial charge in [-0.15, -0.1) is 0 Å². The average molecular weight is 192 g/mol. The molecule has 0 amide bonds. The van der Waals surface area contributed by atoms with Crippen molar-refractivity contribution in [2.75, 3.05) is 6.61 Å². The highest BCUT2D eigenvalue weighted by Gasteiger charge is 2.11. The third kappa shape index (κ3) is 1.82. The molecule has 0 saturated carbocycles. The molecule has 0 aromatic heterocycles. The number of hydrogen-bond acceptors (Lipinski definition) is 2. The molecule has 0 saturated heterocycles. The lowest BCUT2D eigenvalue weighted by Gasteiger charge is -2.12. The Labute approximate surface area is 81.0 Å². The molecule has 2 rings (SSSR count). The van der Waals surface area contributed by atoms with Crippen LogP contribution in [0.3, 0.4) is 0 Å². The van der Waals surface area contributed by atoms with Crippen molar-refractivity contribution >= 4 is 11.5 Å². The molecule has 0 bridgehead atoms. The fraction of sp³-hybridized carbons (Fsp3) is 0.182. The Morgan fingerprint density at radius 3 is 2.57 bits per heavy atom. The number of ether oxygens (including phenoxy) is 1. The molecule has 0 unspecified atom stereocenters. The summed E-state index contributed by atoms with van der Waals surface area (Å²) in [6, 6.07) is 6.10. The topological polar surface area (TPSA) is 26.3 Å². The van der Waals surface area contributed by atoms with Crippen LogP contribution < -0.4 is 0 Å². The lowest BCUT2D eigenvalue weighted by Crippen LogP contribution is -2.09. The van der Waals surface area contributed by atoms with Crippen LogP contribution in [-0.2, 0) is 9.53 Å². The number of benzene rings is 1. The Morgan fingerprint density at radius 1 is 1.21 bits per heavy atom. The molecule has 0 spiro atoms. The molecule has 0 radical (unpaired) electrons. The molecule has 14 heavy (non-hydrogen) atoms. The Morgan fingerprint density at radius 2 is 1.93 bits per heavy atom. The minimum Gasteiger partial charge on any atom is -0.462 e. The van der Waals surface area contributed by atoms with Crippen molar-refractivity contribution in [3.8, 4) is 0 Å². The van der Waals surface area contributed by atoms with Gasteiger partial charge in [0.25, 0.3) is 0 Å². The molecule has 1 aromatic rings. The van der Waals surface area contributed by atoms with E-state index in [2.05, 4.69) is 0 Å². The van der Waals surface area contributed by atoms with Crippen LogP contribution in [0.1, 0.15) is 12.0 Å². The van der Waals surface area contributed by atoms with Crippen molar-refractivity contribution in [3.05, 3.63) is 41.7 Å². The van der Waals surface area contributed by atoms with E-state index in [0.717, 1.165) is 11.1 Å². The second kappa shape index (κ2) is 3.62. The molecule has 0 fully saturated rings. The van der Waals surface area contributed by atoms with E-state index < -0.39 is 0 Å². The molecule has 1 aromatic carbocycles. The van der Waals surface area contributed by atoms with E-state index in [0.29, 0.717) is 13.0 Å². The first-order valence-corrected chi connectivity index (χ1v) is 4.39. The summed E-state index contributed by atoms with van der Waals surface area (Å²) in [6.07, 6.45) is 2.15. The van der Waals surface area contributed by atoms with E-state index in [1.54, 1.807) is 12.1 Å². The van der Waals surface area contributed by atoms with Crippen molar-refractivity contribution < 1.29 is 13.9 Å². The summed E-state index contributed by atoms with van der Waals surface area (Å²) in [5, 5.41) is 0. The third-order valence-corrected chi connectivity index (χ3v) is 2.12. The maximum Gasteiger partial charge on any atom is 0.331 e. The first-order chi connectivity index (χ1) is 6.75. The lowest BCUT2D eigenvalue weighted by molar-refractivity contribution is -0.138. The minimum atomic E-state index is -0.324. The molecule has 1 aliphatic rings. The van der Waals surface area contributed by atoms with Gasteiger partial charge in [0.1, 0.15) is 5.82 Å². The van der Waals surface area contributed by atoms with Crippen molar-refractivity contribution in [3.63, 3.8) is 0 Å². The van der Waals surface area contributed by atoms with Gasteiger partial charge in [-0.2, -0.15) is 0 Å². The second-order valence-electron chi connectivity index (χ2n) is 3.09. The van der Waals surface area contributed by atoms with Gasteiger partial charge in [-0.1, -0.05) is 12.1 Å². The summed E-state index contributed by atoms with van der Waals surface area (Å²) >= 11 is 0. The van der Waals surface area contributed by atoms with Crippen molar-refractivity contribution in [2.24, 2.45) is 0 Å². The highest BCUT2D eigenvalue weighted by atomic mass is 19.1. The van der Waals surface area contributed by atoms with Crippen LogP contribution in [0.15, 0.2) is 30.3 Å². The predicted molar refractivity (Wildman–Crippen MR) is 50.0 cm³/mol. The molecule has 1 heterocycles. The molecule has 0 atom stereocenters. The van der Waals surface area contributed by atoms with E-state index in [4.69, 9.17) is 4.74 Å². The standard InChI is InChI=1S/C11H9FO2/c12-10-3-1-8(2-4-10)9-5-6-14-11(13)7-9/h1-4,7H,5-6H2. The third-order valence-electron chi connectivity index (χ3n) is 2.12. The van der Waals surface area contributed by atoms with Crippen molar-refractivity contribution in [2.45, 2.75) is 6.42 Å². The number of hydrogen-bond donors (Lipinski definition) is 0. The van der Waals surface area contributed by atoms with Crippen LogP contribution in [0.5, 0.6) is 0 Å². The van der Waals surface area contributed by atoms with Crippen LogP contribution in [0.25, 0.3) is 5.57 Å². The van der Waals surface area contributed by atoms with Gasteiger partial charge in [0.2, 0.25) is 0 Å². The first-order valence-electron chi connectivity index (χ1n) is 4.39. The van der Waals surface area contributed by atoms with Crippen LogP contribution in [0.2, 0.25) is 0 Å². The van der Waals surface area contributed by atoms with E-state index in [9.17, 15) is 9.18 Å². The summed E-state index contributed by atoms with van der Waals surface area (Å²) in [7, 11) is 0. The smallest absolute Gasteiger partial charge is 0.331 e. The van der Waals surface area contributed by atoms with Gasteiger partial charge in [0.05, 0.1) is 6.61 Å². The number of cyclic esters (lactones) is 1. The van der Waals surface area contributed by atoms with Crippen LogP contribution >= 0.6 is 0 Å². The number of esters is 1. The van der Waals surface area contributed by atoms with Crippen LogP contribution in [-0.4, -0.2) is 12.6 Å². The van der Waals surface area contributed by atoms with Gasteiger partial charge in [-0.05, 0) is 23.3 Å². The quantitative estimate of drug-likeness (QED) is 0.637. The van der Waals surface area contributed by atoms with E-state index >= 15 is 0 Å². The van der Waals surface area contributed by atoms with E-state index in [-0.39, 0.29) is 11.8 Å². The van der Waals surface area contributed by atoms with Gasteiger partial charge in [0, 0.05) is 12.5 Å². The first kappa shape index (κ1) is 8.94. The summed E-state index contributed by atoms with van der Waals surface area (Å²) < 4.78 is 17.4. The monoisotopic (exact) mass is 192 g/mol. The number of rotatable bonds is 1. The van der Waals surface area contributed by atoms with Crippen LogP contribution in [0.4, 0.5) is 4.39 Å². The zero-order chi connectivity index (χ0) is 9.97. The Bertz CT molecular complexity index is 379. The molecular weight excluding hydrogens is 183 g/mol. The number of halogens is 1. The Kier molecular flexibility index (Phi) is 2.31. The summed E-state index contributed by atoms with van der Waals surface area (Å²) in [5.41, 5.74) is 1.78. The highest BCUT2D eigenvalue weighted by Crippen LogP contribution is 2.21. The molecule has 3 heteroatoms. The summed E-state index contributed by atoms with van der Waals surface area (Å²) in [4.78, 5) is 10.9. The largest absolute Gasteiger partial charge is 0.462 e. The summed E-state index contributed by atoms with van der Waals surface area (Å²) in [6.45, 7) is 0.405. The summed E-state index contributed by atoms with van der Waals surface area (Å²) in [5.74, 6) is -0.594.